The Hall–Kier alpha value is -1.84. The summed E-state index contributed by atoms with van der Waals surface area (Å²) < 4.78 is 0. The molecule has 0 aliphatic carbocycles. The monoisotopic (exact) mass is 304 g/mol. The maximum atomic E-state index is 9.48. The third-order valence-electron chi connectivity index (χ3n) is 3.00. The van der Waals surface area contributed by atoms with Gasteiger partial charge in [-0.1, -0.05) is 29.3 Å². The lowest BCUT2D eigenvalue weighted by molar-refractivity contribution is 0.476. The maximum absolute atomic E-state index is 9.48. The Morgan fingerprint density at radius 1 is 1.00 bits per heavy atom. The molecule has 0 fully saturated rings. The Bertz CT molecular complexity index is 818. The molecule has 1 N–H and O–H groups in total. The molecule has 0 radical (unpaired) electrons. The van der Waals surface area contributed by atoms with Crippen molar-refractivity contribution < 1.29 is 5.11 Å². The molecular formula is C15H10Cl2N2O. The Morgan fingerprint density at radius 3 is 2.55 bits per heavy atom. The highest BCUT2D eigenvalue weighted by molar-refractivity contribution is 6.35. The summed E-state index contributed by atoms with van der Waals surface area (Å²) in [6.45, 7) is 1.96. The van der Waals surface area contributed by atoms with E-state index in [1.165, 1.54) is 6.07 Å². The highest BCUT2D eigenvalue weighted by Gasteiger charge is 2.11. The van der Waals surface area contributed by atoms with Crippen molar-refractivity contribution in [3.63, 3.8) is 0 Å². The second-order valence-corrected chi connectivity index (χ2v) is 5.29. The molecule has 5 heteroatoms. The zero-order valence-corrected chi connectivity index (χ0v) is 12.1. The average Bonchev–Trinajstić information content (AvgIpc) is 2.39. The number of rotatable bonds is 1. The first-order chi connectivity index (χ1) is 9.54. The predicted molar refractivity (Wildman–Crippen MR) is 81.4 cm³/mol. The van der Waals surface area contributed by atoms with Gasteiger partial charge in [-0.05, 0) is 42.8 Å². The first-order valence-corrected chi connectivity index (χ1v) is 6.73. The molecule has 0 aliphatic heterocycles. The number of hydrogen-bond donors (Lipinski definition) is 1. The molecule has 0 saturated carbocycles. The van der Waals surface area contributed by atoms with Crippen LogP contribution in [0.25, 0.3) is 22.3 Å². The summed E-state index contributed by atoms with van der Waals surface area (Å²) in [6, 6.07) is 10.5. The minimum absolute atomic E-state index is 0.129. The van der Waals surface area contributed by atoms with Crippen LogP contribution in [0.3, 0.4) is 0 Å². The van der Waals surface area contributed by atoms with Crippen LogP contribution in [0, 0.1) is 6.92 Å². The summed E-state index contributed by atoms with van der Waals surface area (Å²) in [5, 5.41) is 11.0. The third-order valence-corrected chi connectivity index (χ3v) is 3.60. The van der Waals surface area contributed by atoms with E-state index in [1.54, 1.807) is 12.1 Å². The maximum Gasteiger partial charge on any atom is 0.162 e. The van der Waals surface area contributed by atoms with Crippen molar-refractivity contribution in [2.75, 3.05) is 0 Å². The highest BCUT2D eigenvalue weighted by Crippen LogP contribution is 2.31. The van der Waals surface area contributed by atoms with Crippen LogP contribution in [-0.4, -0.2) is 15.1 Å². The number of aromatic nitrogens is 2. The number of hydrogen-bond acceptors (Lipinski definition) is 3. The van der Waals surface area contributed by atoms with E-state index in [0.29, 0.717) is 21.7 Å². The van der Waals surface area contributed by atoms with Gasteiger partial charge in [0.05, 0.1) is 10.5 Å². The lowest BCUT2D eigenvalue weighted by atomic mass is 10.1. The van der Waals surface area contributed by atoms with Crippen LogP contribution in [0.15, 0.2) is 36.4 Å². The standard InChI is InChI=1S/C15H10Cl2N2O/c1-8-2-4-10(12(16)6-8)15-18-13-5-3-9(20)7-11(13)14(17)19-15/h2-7,20H,1H3. The normalized spacial score (nSPS) is 10.9. The van der Waals surface area contributed by atoms with Crippen molar-refractivity contribution in [2.45, 2.75) is 6.92 Å². The number of aryl methyl sites for hydroxylation is 1. The van der Waals surface area contributed by atoms with E-state index in [-0.39, 0.29) is 10.9 Å². The molecule has 0 amide bonds. The van der Waals surface area contributed by atoms with Crippen molar-refractivity contribution in [3.05, 3.63) is 52.1 Å². The average molecular weight is 305 g/mol. The third kappa shape index (κ3) is 2.30. The molecule has 20 heavy (non-hydrogen) atoms. The predicted octanol–water partition coefficient (Wildman–Crippen LogP) is 4.62. The second-order valence-electron chi connectivity index (χ2n) is 4.52. The number of nitrogens with zero attached hydrogens (tertiary/aromatic N) is 2. The van der Waals surface area contributed by atoms with Crippen molar-refractivity contribution in [3.8, 4) is 17.1 Å². The molecule has 2 aromatic carbocycles. The molecule has 0 saturated heterocycles. The zero-order valence-electron chi connectivity index (χ0n) is 10.6. The Morgan fingerprint density at radius 2 is 1.80 bits per heavy atom. The summed E-state index contributed by atoms with van der Waals surface area (Å²) >= 11 is 12.4. The van der Waals surface area contributed by atoms with E-state index in [4.69, 9.17) is 23.2 Å². The fourth-order valence-corrected chi connectivity index (χ4v) is 2.55. The quantitative estimate of drug-likeness (QED) is 0.667. The van der Waals surface area contributed by atoms with Crippen molar-refractivity contribution in [1.82, 2.24) is 9.97 Å². The molecule has 1 aromatic heterocycles. The number of phenolic OH excluding ortho intramolecular Hbond substituents is 1. The van der Waals surface area contributed by atoms with Crippen molar-refractivity contribution in [2.24, 2.45) is 0 Å². The second kappa shape index (κ2) is 4.93. The summed E-state index contributed by atoms with van der Waals surface area (Å²) in [5.41, 5.74) is 2.46. The van der Waals surface area contributed by atoms with Gasteiger partial charge in [0.1, 0.15) is 10.9 Å². The fraction of sp³-hybridized carbons (Fsp3) is 0.0667. The number of benzene rings is 2. The number of fused-ring (bicyclic) bond motifs is 1. The van der Waals surface area contributed by atoms with Gasteiger partial charge in [-0.3, -0.25) is 0 Å². The van der Waals surface area contributed by atoms with E-state index in [2.05, 4.69) is 9.97 Å². The topological polar surface area (TPSA) is 46.0 Å². The lowest BCUT2D eigenvalue weighted by Gasteiger charge is -2.07. The summed E-state index contributed by atoms with van der Waals surface area (Å²) in [5.74, 6) is 0.599. The van der Waals surface area contributed by atoms with Crippen LogP contribution < -0.4 is 0 Å². The molecular weight excluding hydrogens is 295 g/mol. The molecule has 0 unspecified atom stereocenters. The summed E-state index contributed by atoms with van der Waals surface area (Å²) in [4.78, 5) is 8.71. The smallest absolute Gasteiger partial charge is 0.162 e. The molecule has 3 rings (SSSR count). The van der Waals surface area contributed by atoms with Gasteiger partial charge in [0.2, 0.25) is 0 Å². The first kappa shape index (κ1) is 13.2. The van der Waals surface area contributed by atoms with Gasteiger partial charge in [0.25, 0.3) is 0 Å². The van der Waals surface area contributed by atoms with E-state index >= 15 is 0 Å². The SMILES string of the molecule is Cc1ccc(-c2nc(Cl)c3cc(O)ccc3n2)c(Cl)c1. The molecule has 3 aromatic rings. The van der Waals surface area contributed by atoms with Crippen LogP contribution in [-0.2, 0) is 0 Å². The zero-order chi connectivity index (χ0) is 14.3. The largest absolute Gasteiger partial charge is 0.508 e. The Labute approximate surface area is 125 Å². The highest BCUT2D eigenvalue weighted by atomic mass is 35.5. The Balaban J connectivity index is 2.24. The number of phenols is 1. The van der Waals surface area contributed by atoms with Crippen LogP contribution in [0.4, 0.5) is 0 Å². The van der Waals surface area contributed by atoms with E-state index in [1.807, 2.05) is 25.1 Å². The fourth-order valence-electron chi connectivity index (χ4n) is 2.00. The van der Waals surface area contributed by atoms with Gasteiger partial charge in [0, 0.05) is 10.9 Å². The van der Waals surface area contributed by atoms with Gasteiger partial charge in [-0.25, -0.2) is 9.97 Å². The van der Waals surface area contributed by atoms with Crippen LogP contribution in [0.2, 0.25) is 10.2 Å². The Kier molecular flexibility index (Phi) is 3.24. The van der Waals surface area contributed by atoms with Crippen molar-refractivity contribution in [1.29, 1.82) is 0 Å². The molecule has 0 aliphatic rings. The number of halogens is 2. The van der Waals surface area contributed by atoms with Crippen LogP contribution in [0.5, 0.6) is 5.75 Å². The van der Waals surface area contributed by atoms with Crippen LogP contribution in [0.1, 0.15) is 5.56 Å². The minimum atomic E-state index is 0.129. The molecule has 3 nitrogen and oxygen atoms in total. The molecule has 0 atom stereocenters. The lowest BCUT2D eigenvalue weighted by Crippen LogP contribution is -1.93. The van der Waals surface area contributed by atoms with Gasteiger partial charge in [-0.15, -0.1) is 0 Å². The van der Waals surface area contributed by atoms with Gasteiger partial charge < -0.3 is 5.11 Å². The summed E-state index contributed by atoms with van der Waals surface area (Å²) in [7, 11) is 0. The van der Waals surface area contributed by atoms with E-state index < -0.39 is 0 Å². The minimum Gasteiger partial charge on any atom is -0.508 e. The number of aromatic hydroxyl groups is 1. The summed E-state index contributed by atoms with van der Waals surface area (Å²) in [6.07, 6.45) is 0. The molecule has 0 bridgehead atoms. The van der Waals surface area contributed by atoms with E-state index in [0.717, 1.165) is 11.1 Å². The molecule has 0 spiro atoms. The van der Waals surface area contributed by atoms with Gasteiger partial charge >= 0.3 is 0 Å². The first-order valence-electron chi connectivity index (χ1n) is 5.97. The van der Waals surface area contributed by atoms with Gasteiger partial charge in [0.15, 0.2) is 5.82 Å². The van der Waals surface area contributed by atoms with Gasteiger partial charge in [-0.2, -0.15) is 0 Å². The van der Waals surface area contributed by atoms with E-state index in [9.17, 15) is 5.11 Å². The van der Waals surface area contributed by atoms with Crippen LogP contribution >= 0.6 is 23.2 Å². The molecule has 100 valence electrons. The van der Waals surface area contributed by atoms with Crippen molar-refractivity contribution >= 4 is 34.1 Å². The molecule has 1 heterocycles.